The summed E-state index contributed by atoms with van der Waals surface area (Å²) in [4.78, 5) is 37.5. The lowest BCUT2D eigenvalue weighted by Crippen LogP contribution is -2.58. The van der Waals surface area contributed by atoms with Crippen molar-refractivity contribution in [3.63, 3.8) is 0 Å². The second-order valence-corrected chi connectivity index (χ2v) is 4.88. The molecule has 7 heteroatoms. The van der Waals surface area contributed by atoms with E-state index >= 15 is 0 Å². The summed E-state index contributed by atoms with van der Waals surface area (Å²) in [6, 6.07) is 7.41. The summed E-state index contributed by atoms with van der Waals surface area (Å²) < 4.78 is 0. The number of carbonyl (C=O) groups excluding carboxylic acids is 3. The fraction of sp³-hybridized carbons (Fsp3) is 0.333. The number of piperazine rings is 1. The Kier molecular flexibility index (Phi) is 4.73. The molecule has 1 fully saturated rings. The first kappa shape index (κ1) is 15.5. The fourth-order valence-electron chi connectivity index (χ4n) is 2.33. The van der Waals surface area contributed by atoms with Crippen molar-refractivity contribution in [3.05, 3.63) is 35.4 Å². The molecule has 1 saturated heterocycles. The molecule has 3 amide bonds. The second kappa shape index (κ2) is 6.72. The van der Waals surface area contributed by atoms with E-state index in [1.54, 1.807) is 18.2 Å². The normalized spacial score (nSPS) is 17.4. The van der Waals surface area contributed by atoms with Gasteiger partial charge in [-0.2, -0.15) is 5.26 Å². The minimum Gasteiger partial charge on any atom is -0.359 e. The van der Waals surface area contributed by atoms with E-state index < -0.39 is 6.04 Å². The molecule has 2 N–H and O–H groups in total. The number of carbonyl (C=O) groups is 3. The van der Waals surface area contributed by atoms with Crippen LogP contribution in [0.15, 0.2) is 24.3 Å². The maximum atomic E-state index is 12.6. The number of benzene rings is 1. The molecular weight excluding hydrogens is 284 g/mol. The standard InChI is InChI=1S/C15H16N4O3/c1-17-13(20)8-12-14(21)18-5-6-19(12)15(22)11-4-2-3-10(7-11)9-16/h2-4,7,12H,5-6,8H2,1H3,(H,17,20)(H,18,21)/t12-/m0/s1. The zero-order valence-electron chi connectivity index (χ0n) is 12.1. The van der Waals surface area contributed by atoms with Crippen molar-refractivity contribution in [3.8, 4) is 6.07 Å². The number of hydrogen-bond donors (Lipinski definition) is 2. The molecule has 1 aromatic carbocycles. The van der Waals surface area contributed by atoms with E-state index in [-0.39, 0.29) is 24.1 Å². The third-order valence-corrected chi connectivity index (χ3v) is 3.49. The topological polar surface area (TPSA) is 102 Å². The Bertz CT molecular complexity index is 650. The Labute approximate surface area is 127 Å². The summed E-state index contributed by atoms with van der Waals surface area (Å²) in [6.45, 7) is 0.662. The van der Waals surface area contributed by atoms with Gasteiger partial charge in [0.1, 0.15) is 6.04 Å². The van der Waals surface area contributed by atoms with Gasteiger partial charge in [-0.3, -0.25) is 14.4 Å². The van der Waals surface area contributed by atoms with Gasteiger partial charge in [0, 0.05) is 25.7 Å². The van der Waals surface area contributed by atoms with Crippen LogP contribution in [0, 0.1) is 11.3 Å². The lowest BCUT2D eigenvalue weighted by Gasteiger charge is -2.34. The van der Waals surface area contributed by atoms with Crippen molar-refractivity contribution < 1.29 is 14.4 Å². The average Bonchev–Trinajstić information content (AvgIpc) is 2.55. The molecule has 22 heavy (non-hydrogen) atoms. The minimum atomic E-state index is -0.841. The first-order valence-electron chi connectivity index (χ1n) is 6.86. The van der Waals surface area contributed by atoms with E-state index in [9.17, 15) is 14.4 Å². The number of nitrogens with one attached hydrogen (secondary N) is 2. The largest absolute Gasteiger partial charge is 0.359 e. The van der Waals surface area contributed by atoms with Gasteiger partial charge in [-0.25, -0.2) is 0 Å². The smallest absolute Gasteiger partial charge is 0.254 e. The number of hydrogen-bond acceptors (Lipinski definition) is 4. The summed E-state index contributed by atoms with van der Waals surface area (Å²) in [5, 5.41) is 14.0. The quantitative estimate of drug-likeness (QED) is 0.795. The van der Waals surface area contributed by atoms with Crippen LogP contribution in [0.2, 0.25) is 0 Å². The van der Waals surface area contributed by atoms with Crippen molar-refractivity contribution in [2.24, 2.45) is 0 Å². The highest BCUT2D eigenvalue weighted by Crippen LogP contribution is 2.15. The van der Waals surface area contributed by atoms with Crippen LogP contribution in [-0.2, 0) is 9.59 Å². The molecule has 7 nitrogen and oxygen atoms in total. The van der Waals surface area contributed by atoms with Crippen LogP contribution in [0.4, 0.5) is 0 Å². The molecule has 0 aromatic heterocycles. The van der Waals surface area contributed by atoms with Gasteiger partial charge in [0.25, 0.3) is 5.91 Å². The SMILES string of the molecule is CNC(=O)C[C@H]1C(=O)NCCN1C(=O)c1cccc(C#N)c1. The van der Waals surface area contributed by atoms with Crippen LogP contribution in [0.1, 0.15) is 22.3 Å². The zero-order valence-corrected chi connectivity index (χ0v) is 12.1. The summed E-state index contributed by atoms with van der Waals surface area (Å²) in [7, 11) is 1.48. The minimum absolute atomic E-state index is 0.0913. The van der Waals surface area contributed by atoms with E-state index in [4.69, 9.17) is 5.26 Å². The van der Waals surface area contributed by atoms with Crippen LogP contribution in [0.25, 0.3) is 0 Å². The van der Waals surface area contributed by atoms with Crippen molar-refractivity contribution in [1.29, 1.82) is 5.26 Å². The molecule has 0 bridgehead atoms. The Balaban J connectivity index is 2.26. The first-order chi connectivity index (χ1) is 10.6. The molecule has 0 saturated carbocycles. The van der Waals surface area contributed by atoms with Crippen LogP contribution in [-0.4, -0.2) is 48.8 Å². The van der Waals surface area contributed by atoms with Crippen molar-refractivity contribution in [1.82, 2.24) is 15.5 Å². The van der Waals surface area contributed by atoms with Gasteiger partial charge in [0.05, 0.1) is 18.1 Å². The molecule has 1 atom stereocenters. The van der Waals surface area contributed by atoms with Gasteiger partial charge in [0.2, 0.25) is 11.8 Å². The summed E-state index contributed by atoms with van der Waals surface area (Å²) in [6.07, 6.45) is -0.0913. The number of rotatable bonds is 3. The van der Waals surface area contributed by atoms with Crippen molar-refractivity contribution >= 4 is 17.7 Å². The molecular formula is C15H16N4O3. The Hall–Kier alpha value is -2.88. The van der Waals surface area contributed by atoms with Gasteiger partial charge in [0.15, 0.2) is 0 Å². The summed E-state index contributed by atoms with van der Waals surface area (Å²) in [5.74, 6) is -1.02. The average molecular weight is 300 g/mol. The lowest BCUT2D eigenvalue weighted by molar-refractivity contribution is -0.132. The second-order valence-electron chi connectivity index (χ2n) is 4.88. The van der Waals surface area contributed by atoms with Crippen LogP contribution >= 0.6 is 0 Å². The predicted molar refractivity (Wildman–Crippen MR) is 77.7 cm³/mol. The molecule has 1 aromatic rings. The van der Waals surface area contributed by atoms with Crippen molar-refractivity contribution in [2.75, 3.05) is 20.1 Å². The molecule has 1 heterocycles. The monoisotopic (exact) mass is 300 g/mol. The van der Waals surface area contributed by atoms with Gasteiger partial charge >= 0.3 is 0 Å². The Morgan fingerprint density at radius 3 is 2.95 bits per heavy atom. The summed E-state index contributed by atoms with van der Waals surface area (Å²) in [5.41, 5.74) is 0.700. The van der Waals surface area contributed by atoms with E-state index in [1.165, 1.54) is 18.0 Å². The van der Waals surface area contributed by atoms with E-state index in [0.717, 1.165) is 0 Å². The molecule has 1 aliphatic rings. The zero-order chi connectivity index (χ0) is 16.1. The molecule has 114 valence electrons. The summed E-state index contributed by atoms with van der Waals surface area (Å²) >= 11 is 0. The van der Waals surface area contributed by atoms with E-state index in [1.807, 2.05) is 6.07 Å². The molecule has 1 aliphatic heterocycles. The highest BCUT2D eigenvalue weighted by atomic mass is 16.2. The fourth-order valence-corrected chi connectivity index (χ4v) is 2.33. The van der Waals surface area contributed by atoms with Crippen molar-refractivity contribution in [2.45, 2.75) is 12.5 Å². The predicted octanol–water partition coefficient (Wildman–Crippen LogP) is -0.365. The highest BCUT2D eigenvalue weighted by Gasteiger charge is 2.34. The highest BCUT2D eigenvalue weighted by molar-refractivity contribution is 5.99. The van der Waals surface area contributed by atoms with Gasteiger partial charge in [-0.15, -0.1) is 0 Å². The van der Waals surface area contributed by atoms with E-state index in [0.29, 0.717) is 24.2 Å². The molecule has 0 spiro atoms. The third kappa shape index (κ3) is 3.23. The molecule has 0 unspecified atom stereocenters. The first-order valence-corrected chi connectivity index (χ1v) is 6.86. The van der Waals surface area contributed by atoms with Gasteiger partial charge in [-0.1, -0.05) is 6.07 Å². The van der Waals surface area contributed by atoms with Crippen LogP contribution in [0.3, 0.4) is 0 Å². The maximum absolute atomic E-state index is 12.6. The number of nitrogens with zero attached hydrogens (tertiary/aromatic N) is 2. The third-order valence-electron chi connectivity index (χ3n) is 3.49. The molecule has 0 radical (unpaired) electrons. The molecule has 2 rings (SSSR count). The van der Waals surface area contributed by atoms with E-state index in [2.05, 4.69) is 10.6 Å². The van der Waals surface area contributed by atoms with Gasteiger partial charge < -0.3 is 15.5 Å². The maximum Gasteiger partial charge on any atom is 0.254 e. The number of amides is 3. The Morgan fingerprint density at radius 2 is 2.27 bits per heavy atom. The lowest BCUT2D eigenvalue weighted by atomic mass is 10.0. The van der Waals surface area contributed by atoms with Crippen LogP contribution < -0.4 is 10.6 Å². The number of nitriles is 1. The van der Waals surface area contributed by atoms with Crippen LogP contribution in [0.5, 0.6) is 0 Å². The molecule has 0 aliphatic carbocycles. The Morgan fingerprint density at radius 1 is 1.50 bits per heavy atom. The van der Waals surface area contributed by atoms with Gasteiger partial charge in [-0.05, 0) is 18.2 Å².